The molecule has 0 spiro atoms. The van der Waals surface area contributed by atoms with Crippen molar-refractivity contribution >= 4 is 35.3 Å². The van der Waals surface area contributed by atoms with E-state index in [1.165, 1.54) is 13.2 Å². The molecular formula is C26H37N7O5. The Kier molecular flexibility index (Phi) is 11.0. The van der Waals surface area contributed by atoms with Crippen LogP contribution in [-0.4, -0.2) is 85.1 Å². The Hall–Kier alpha value is -4.19. The van der Waals surface area contributed by atoms with Gasteiger partial charge in [0.25, 0.3) is 5.91 Å². The number of pyridine rings is 1. The van der Waals surface area contributed by atoms with Crippen LogP contribution in [0.3, 0.4) is 0 Å². The number of hydrogen-bond donors (Lipinski definition) is 4. The lowest BCUT2D eigenvalue weighted by Gasteiger charge is -2.24. The van der Waals surface area contributed by atoms with Crippen molar-refractivity contribution < 1.29 is 23.9 Å². The zero-order valence-corrected chi connectivity index (χ0v) is 22.8. The quantitative estimate of drug-likeness (QED) is 0.371. The molecule has 1 heterocycles. The number of nitrogens with one attached hydrogen (secondary N) is 4. The number of anilines is 2. The Bertz CT molecular complexity index is 1110. The molecule has 0 aliphatic heterocycles. The fourth-order valence-corrected chi connectivity index (χ4v) is 3.10. The van der Waals surface area contributed by atoms with Crippen LogP contribution in [0, 0.1) is 0 Å². The lowest BCUT2D eigenvalue weighted by atomic mass is 10.2. The first-order chi connectivity index (χ1) is 17.9. The van der Waals surface area contributed by atoms with Gasteiger partial charge in [0.1, 0.15) is 11.3 Å². The minimum Gasteiger partial charge on any atom is -0.444 e. The minimum absolute atomic E-state index is 0.130. The molecule has 5 amide bonds. The van der Waals surface area contributed by atoms with E-state index in [1.807, 2.05) is 19.0 Å². The monoisotopic (exact) mass is 527 g/mol. The number of amides is 5. The van der Waals surface area contributed by atoms with Gasteiger partial charge >= 0.3 is 12.1 Å². The highest BCUT2D eigenvalue weighted by atomic mass is 16.6. The van der Waals surface area contributed by atoms with Crippen molar-refractivity contribution in [2.45, 2.75) is 32.9 Å². The summed E-state index contributed by atoms with van der Waals surface area (Å²) in [6.07, 6.45) is 0.883. The number of ether oxygens (including phenoxy) is 1. The van der Waals surface area contributed by atoms with Gasteiger partial charge in [-0.1, -0.05) is 18.2 Å². The molecule has 12 nitrogen and oxygen atoms in total. The number of rotatable bonds is 10. The van der Waals surface area contributed by atoms with Gasteiger partial charge in [-0.2, -0.15) is 0 Å². The van der Waals surface area contributed by atoms with Crippen LogP contribution in [0.5, 0.6) is 0 Å². The number of carbonyl (C=O) groups is 4. The normalized spacial score (nSPS) is 10.9. The molecular weight excluding hydrogens is 490 g/mol. The van der Waals surface area contributed by atoms with E-state index in [0.29, 0.717) is 30.0 Å². The summed E-state index contributed by atoms with van der Waals surface area (Å²) in [5, 5.41) is 10.4. The molecule has 0 aliphatic carbocycles. The summed E-state index contributed by atoms with van der Waals surface area (Å²) in [6, 6.07) is 9.63. The summed E-state index contributed by atoms with van der Waals surface area (Å²) in [4.78, 5) is 56.9. The van der Waals surface area contributed by atoms with Gasteiger partial charge in [0.2, 0.25) is 5.91 Å². The van der Waals surface area contributed by atoms with E-state index in [0.717, 1.165) is 0 Å². The second-order valence-corrected chi connectivity index (χ2v) is 9.74. The van der Waals surface area contributed by atoms with Gasteiger partial charge in [0.15, 0.2) is 0 Å². The second-order valence-electron chi connectivity index (χ2n) is 9.74. The fourth-order valence-electron chi connectivity index (χ4n) is 3.10. The summed E-state index contributed by atoms with van der Waals surface area (Å²) >= 11 is 0. The Morgan fingerprint density at radius 2 is 1.61 bits per heavy atom. The summed E-state index contributed by atoms with van der Waals surface area (Å²) in [6.45, 7) is 6.44. The predicted molar refractivity (Wildman–Crippen MR) is 145 cm³/mol. The van der Waals surface area contributed by atoms with Crippen molar-refractivity contribution in [1.82, 2.24) is 25.4 Å². The molecule has 1 aromatic heterocycles. The van der Waals surface area contributed by atoms with Gasteiger partial charge in [-0.15, -0.1) is 0 Å². The maximum Gasteiger partial charge on any atom is 0.412 e. The molecule has 0 atom stereocenters. The van der Waals surface area contributed by atoms with Crippen LogP contribution in [0.1, 0.15) is 36.8 Å². The van der Waals surface area contributed by atoms with E-state index in [9.17, 15) is 19.2 Å². The minimum atomic E-state index is -0.666. The third kappa shape index (κ3) is 10.4. The van der Waals surface area contributed by atoms with Crippen LogP contribution in [0.4, 0.5) is 21.0 Å². The van der Waals surface area contributed by atoms with E-state index >= 15 is 0 Å². The Balaban J connectivity index is 2.07. The standard InChI is InChI=1S/C26H37N7O5/c1-26(2,3)38-25(37)31-20-10-8-7-9-19(20)30-23(35)21-12-11-18(15-28-21)17-33(14-13-32(5)6)24(36)29-16-22(34)27-4/h7-12,15H,13-14,16-17H2,1-6H3,(H,27,34)(H,29,36)(H,30,35)(H,31,37). The van der Waals surface area contributed by atoms with Crippen molar-refractivity contribution in [2.24, 2.45) is 0 Å². The molecule has 0 radical (unpaired) electrons. The van der Waals surface area contributed by atoms with E-state index in [1.54, 1.807) is 62.1 Å². The average molecular weight is 528 g/mol. The van der Waals surface area contributed by atoms with E-state index in [2.05, 4.69) is 26.3 Å². The van der Waals surface area contributed by atoms with Crippen LogP contribution in [0.25, 0.3) is 0 Å². The number of likely N-dealkylation sites (N-methyl/N-ethyl adjacent to an activating group) is 2. The third-order valence-electron chi connectivity index (χ3n) is 5.03. The van der Waals surface area contributed by atoms with Crippen LogP contribution < -0.4 is 21.3 Å². The zero-order chi connectivity index (χ0) is 28.3. The summed E-state index contributed by atoms with van der Waals surface area (Å²) in [5.74, 6) is -0.770. The number of aromatic nitrogens is 1. The first-order valence-electron chi connectivity index (χ1n) is 12.1. The molecule has 2 aromatic rings. The van der Waals surface area contributed by atoms with Crippen LogP contribution in [0.15, 0.2) is 42.6 Å². The Morgan fingerprint density at radius 3 is 2.16 bits per heavy atom. The highest BCUT2D eigenvalue weighted by Gasteiger charge is 2.19. The first-order valence-corrected chi connectivity index (χ1v) is 12.1. The fraction of sp³-hybridized carbons (Fsp3) is 0.423. The maximum atomic E-state index is 12.8. The smallest absolute Gasteiger partial charge is 0.412 e. The molecule has 1 aromatic carbocycles. The highest BCUT2D eigenvalue weighted by molar-refractivity contribution is 6.05. The van der Waals surface area contributed by atoms with Gasteiger partial charge in [-0.3, -0.25) is 19.9 Å². The largest absolute Gasteiger partial charge is 0.444 e. The third-order valence-corrected chi connectivity index (χ3v) is 5.03. The summed E-state index contributed by atoms with van der Waals surface area (Å²) in [7, 11) is 5.30. The molecule has 12 heteroatoms. The molecule has 2 rings (SSSR count). The molecule has 0 saturated carbocycles. The van der Waals surface area contributed by atoms with Crippen molar-refractivity contribution in [3.63, 3.8) is 0 Å². The van der Waals surface area contributed by atoms with Crippen LogP contribution >= 0.6 is 0 Å². The summed E-state index contributed by atoms with van der Waals surface area (Å²) < 4.78 is 5.28. The number of benzene rings is 1. The van der Waals surface area contributed by atoms with Gasteiger partial charge in [0, 0.05) is 32.9 Å². The summed E-state index contributed by atoms with van der Waals surface area (Å²) in [5.41, 5.74) is 0.968. The SMILES string of the molecule is CNC(=O)CNC(=O)N(CCN(C)C)Cc1ccc(C(=O)Nc2ccccc2NC(=O)OC(C)(C)C)nc1. The van der Waals surface area contributed by atoms with E-state index < -0.39 is 17.6 Å². The van der Waals surface area contributed by atoms with E-state index in [-0.39, 0.29) is 30.7 Å². The van der Waals surface area contributed by atoms with Gasteiger partial charge < -0.3 is 30.5 Å². The number of nitrogens with zero attached hydrogens (tertiary/aromatic N) is 3. The van der Waals surface area contributed by atoms with Crippen molar-refractivity contribution in [3.05, 3.63) is 53.9 Å². The van der Waals surface area contributed by atoms with Crippen LogP contribution in [-0.2, 0) is 16.1 Å². The number of urea groups is 1. The molecule has 206 valence electrons. The molecule has 0 unspecified atom stereocenters. The lowest BCUT2D eigenvalue weighted by molar-refractivity contribution is -0.119. The maximum absolute atomic E-state index is 12.8. The van der Waals surface area contributed by atoms with Gasteiger partial charge in [0.05, 0.1) is 17.9 Å². The first kappa shape index (κ1) is 30.0. The van der Waals surface area contributed by atoms with Crippen molar-refractivity contribution in [1.29, 1.82) is 0 Å². The van der Waals surface area contributed by atoms with Crippen molar-refractivity contribution in [3.8, 4) is 0 Å². The molecule has 0 saturated heterocycles. The second kappa shape index (κ2) is 13.9. The number of para-hydroxylation sites is 2. The van der Waals surface area contributed by atoms with Gasteiger partial charge in [-0.25, -0.2) is 9.59 Å². The van der Waals surface area contributed by atoms with Gasteiger partial charge in [-0.05, 0) is 58.6 Å². The number of hydrogen-bond acceptors (Lipinski definition) is 7. The molecule has 38 heavy (non-hydrogen) atoms. The van der Waals surface area contributed by atoms with Crippen LogP contribution in [0.2, 0.25) is 0 Å². The zero-order valence-electron chi connectivity index (χ0n) is 22.8. The molecule has 0 bridgehead atoms. The Labute approximate surface area is 223 Å². The molecule has 4 N–H and O–H groups in total. The predicted octanol–water partition coefficient (Wildman–Crippen LogP) is 2.50. The van der Waals surface area contributed by atoms with Crippen molar-refractivity contribution in [2.75, 3.05) is 51.4 Å². The van der Waals surface area contributed by atoms with E-state index in [4.69, 9.17) is 4.74 Å². The average Bonchev–Trinajstić information content (AvgIpc) is 2.85. The molecule has 0 fully saturated rings. The topological polar surface area (TPSA) is 145 Å². The molecule has 0 aliphatic rings. The highest BCUT2D eigenvalue weighted by Crippen LogP contribution is 2.22. The lowest BCUT2D eigenvalue weighted by Crippen LogP contribution is -2.45. The number of carbonyl (C=O) groups excluding carboxylic acids is 4. The Morgan fingerprint density at radius 1 is 0.947 bits per heavy atom.